The van der Waals surface area contributed by atoms with E-state index in [1.165, 1.54) is 13.2 Å². The zero-order valence-corrected chi connectivity index (χ0v) is 14.7. The molecule has 0 unspecified atom stereocenters. The molecule has 2 heterocycles. The first-order chi connectivity index (χ1) is 12.5. The Morgan fingerprint density at radius 2 is 1.81 bits per heavy atom. The van der Waals surface area contributed by atoms with E-state index < -0.39 is 0 Å². The topological polar surface area (TPSA) is 89.3 Å². The number of methoxy groups -OCH3 is 1. The van der Waals surface area contributed by atoms with Crippen LogP contribution in [0, 0.1) is 0 Å². The first-order valence-corrected chi connectivity index (χ1v) is 8.36. The minimum absolute atomic E-state index is 0.0275. The zero-order chi connectivity index (χ0) is 18.7. The van der Waals surface area contributed by atoms with Crippen LogP contribution in [-0.2, 0) is 4.74 Å². The summed E-state index contributed by atoms with van der Waals surface area (Å²) in [6, 6.07) is 6.04. The van der Waals surface area contributed by atoms with Gasteiger partial charge in [-0.1, -0.05) is 0 Å². The highest BCUT2D eigenvalue weighted by Crippen LogP contribution is 2.20. The quantitative estimate of drug-likeness (QED) is 0.828. The highest BCUT2D eigenvalue weighted by Gasteiger charge is 2.27. The summed E-state index contributed by atoms with van der Waals surface area (Å²) in [7, 11) is 1.51. The van der Waals surface area contributed by atoms with Gasteiger partial charge in [-0.05, 0) is 19.1 Å². The molecule has 1 fully saturated rings. The summed E-state index contributed by atoms with van der Waals surface area (Å²) in [6.45, 7) is 3.49. The van der Waals surface area contributed by atoms with Crippen LogP contribution < -0.4 is 10.2 Å². The molecular formula is C18H20N2O6. The summed E-state index contributed by atoms with van der Waals surface area (Å²) in [5.74, 6) is 0.129. The molecule has 1 aromatic carbocycles. The third kappa shape index (κ3) is 3.49. The standard InChI is InChI=1S/C18H20N2O6/c1-3-25-18(23)20-8-6-19(7-9-20)17(22)16-11-14(21)13-5-4-12(24-2)10-15(13)26-16/h4-5,10-11H,3,6-9H2,1-2H3. The lowest BCUT2D eigenvalue weighted by molar-refractivity contribution is 0.0546. The van der Waals surface area contributed by atoms with Gasteiger partial charge in [0.15, 0.2) is 11.2 Å². The molecule has 2 amide bonds. The van der Waals surface area contributed by atoms with E-state index in [2.05, 4.69) is 0 Å². The van der Waals surface area contributed by atoms with Gasteiger partial charge in [0.1, 0.15) is 11.3 Å². The van der Waals surface area contributed by atoms with Gasteiger partial charge in [0, 0.05) is 38.3 Å². The van der Waals surface area contributed by atoms with E-state index in [1.807, 2.05) is 0 Å². The summed E-state index contributed by atoms with van der Waals surface area (Å²) >= 11 is 0. The molecule has 0 aliphatic carbocycles. The molecule has 0 bridgehead atoms. The molecular weight excluding hydrogens is 340 g/mol. The fourth-order valence-electron chi connectivity index (χ4n) is 2.83. The molecule has 2 aromatic rings. The monoisotopic (exact) mass is 360 g/mol. The molecule has 8 heteroatoms. The van der Waals surface area contributed by atoms with Gasteiger partial charge in [-0.25, -0.2) is 4.79 Å². The van der Waals surface area contributed by atoms with E-state index in [0.717, 1.165) is 0 Å². The van der Waals surface area contributed by atoms with Crippen molar-refractivity contribution in [1.82, 2.24) is 9.80 Å². The van der Waals surface area contributed by atoms with E-state index in [4.69, 9.17) is 13.9 Å². The van der Waals surface area contributed by atoms with Crippen molar-refractivity contribution in [3.63, 3.8) is 0 Å². The van der Waals surface area contributed by atoms with Gasteiger partial charge in [-0.3, -0.25) is 9.59 Å². The molecule has 0 saturated carbocycles. The Balaban J connectivity index is 1.78. The van der Waals surface area contributed by atoms with Gasteiger partial charge >= 0.3 is 6.09 Å². The number of benzene rings is 1. The van der Waals surface area contributed by atoms with Crippen LogP contribution in [0.2, 0.25) is 0 Å². The summed E-state index contributed by atoms with van der Waals surface area (Å²) in [6.07, 6.45) is -0.385. The predicted molar refractivity (Wildman–Crippen MR) is 93.5 cm³/mol. The van der Waals surface area contributed by atoms with Crippen LogP contribution in [0.15, 0.2) is 33.5 Å². The lowest BCUT2D eigenvalue weighted by atomic mass is 10.2. The van der Waals surface area contributed by atoms with Crippen molar-refractivity contribution in [3.8, 4) is 5.75 Å². The van der Waals surface area contributed by atoms with Gasteiger partial charge in [0.25, 0.3) is 5.91 Å². The Labute approximate surface area is 149 Å². The van der Waals surface area contributed by atoms with Crippen LogP contribution in [0.1, 0.15) is 17.5 Å². The number of carbonyl (C=O) groups excluding carboxylic acids is 2. The number of carbonyl (C=O) groups is 2. The van der Waals surface area contributed by atoms with Crippen LogP contribution in [0.4, 0.5) is 4.79 Å². The Kier molecular flexibility index (Phi) is 5.11. The molecule has 0 atom stereocenters. The Morgan fingerprint density at radius 1 is 1.12 bits per heavy atom. The molecule has 138 valence electrons. The first-order valence-electron chi connectivity index (χ1n) is 8.36. The van der Waals surface area contributed by atoms with Crippen molar-refractivity contribution in [1.29, 1.82) is 0 Å². The fourth-order valence-corrected chi connectivity index (χ4v) is 2.83. The summed E-state index contributed by atoms with van der Waals surface area (Å²) in [4.78, 5) is 39.8. The molecule has 1 aliphatic heterocycles. The molecule has 3 rings (SSSR count). The maximum Gasteiger partial charge on any atom is 0.409 e. The Bertz CT molecular complexity index is 883. The maximum atomic E-state index is 12.7. The highest BCUT2D eigenvalue weighted by molar-refractivity contribution is 5.93. The lowest BCUT2D eigenvalue weighted by Crippen LogP contribution is -2.50. The van der Waals surface area contributed by atoms with Crippen molar-refractivity contribution in [3.05, 3.63) is 40.2 Å². The normalized spacial score (nSPS) is 14.4. The van der Waals surface area contributed by atoms with Crippen LogP contribution in [0.25, 0.3) is 11.0 Å². The average molecular weight is 360 g/mol. The molecule has 1 saturated heterocycles. The molecule has 0 radical (unpaired) electrons. The fraction of sp³-hybridized carbons (Fsp3) is 0.389. The molecule has 8 nitrogen and oxygen atoms in total. The minimum Gasteiger partial charge on any atom is -0.497 e. The summed E-state index contributed by atoms with van der Waals surface area (Å²) in [5.41, 5.74) is 0.00720. The van der Waals surface area contributed by atoms with Crippen molar-refractivity contribution < 1.29 is 23.5 Å². The second kappa shape index (κ2) is 7.47. The number of hydrogen-bond acceptors (Lipinski definition) is 6. The number of fused-ring (bicyclic) bond motifs is 1. The smallest absolute Gasteiger partial charge is 0.409 e. The largest absolute Gasteiger partial charge is 0.497 e. The van der Waals surface area contributed by atoms with Crippen molar-refractivity contribution >= 4 is 23.0 Å². The van der Waals surface area contributed by atoms with Crippen LogP contribution >= 0.6 is 0 Å². The molecule has 1 aliphatic rings. The summed E-state index contributed by atoms with van der Waals surface area (Å²) in [5, 5.41) is 0.384. The van der Waals surface area contributed by atoms with E-state index in [9.17, 15) is 14.4 Å². The number of nitrogens with zero attached hydrogens (tertiary/aromatic N) is 2. The highest BCUT2D eigenvalue weighted by atomic mass is 16.6. The van der Waals surface area contributed by atoms with Gasteiger partial charge in [0.05, 0.1) is 19.1 Å². The number of hydrogen-bond donors (Lipinski definition) is 0. The molecule has 1 aromatic heterocycles. The number of rotatable bonds is 3. The van der Waals surface area contributed by atoms with Crippen LogP contribution in [0.3, 0.4) is 0 Å². The van der Waals surface area contributed by atoms with Crippen molar-refractivity contribution in [2.45, 2.75) is 6.92 Å². The number of piperazine rings is 1. The predicted octanol–water partition coefficient (Wildman–Crippen LogP) is 1.72. The third-order valence-corrected chi connectivity index (χ3v) is 4.24. The number of ether oxygens (including phenoxy) is 2. The first kappa shape index (κ1) is 17.8. The van der Waals surface area contributed by atoms with Gasteiger partial charge in [0.2, 0.25) is 0 Å². The second-order valence-corrected chi connectivity index (χ2v) is 5.82. The van der Waals surface area contributed by atoms with Crippen molar-refractivity contribution in [2.75, 3.05) is 39.9 Å². The zero-order valence-electron chi connectivity index (χ0n) is 14.7. The van der Waals surface area contributed by atoms with Crippen molar-refractivity contribution in [2.24, 2.45) is 0 Å². The van der Waals surface area contributed by atoms with Crippen LogP contribution in [-0.4, -0.2) is 61.7 Å². The van der Waals surface area contributed by atoms with Crippen LogP contribution in [0.5, 0.6) is 5.75 Å². The summed E-state index contributed by atoms with van der Waals surface area (Å²) < 4.78 is 15.7. The Morgan fingerprint density at radius 3 is 2.46 bits per heavy atom. The van der Waals surface area contributed by atoms with E-state index >= 15 is 0 Å². The van der Waals surface area contributed by atoms with E-state index in [1.54, 1.807) is 34.9 Å². The molecule has 26 heavy (non-hydrogen) atoms. The van der Waals surface area contributed by atoms with E-state index in [0.29, 0.717) is 49.5 Å². The number of amides is 2. The second-order valence-electron chi connectivity index (χ2n) is 5.82. The minimum atomic E-state index is -0.385. The third-order valence-electron chi connectivity index (χ3n) is 4.24. The lowest BCUT2D eigenvalue weighted by Gasteiger charge is -2.33. The molecule has 0 spiro atoms. The van der Waals surface area contributed by atoms with Gasteiger partial charge in [-0.15, -0.1) is 0 Å². The Hall–Kier alpha value is -3.03. The van der Waals surface area contributed by atoms with E-state index in [-0.39, 0.29) is 23.2 Å². The average Bonchev–Trinajstić information content (AvgIpc) is 2.67. The molecule has 0 N–H and O–H groups in total. The SMILES string of the molecule is CCOC(=O)N1CCN(C(=O)c2cc(=O)c3ccc(OC)cc3o2)CC1. The van der Waals surface area contributed by atoms with Gasteiger partial charge < -0.3 is 23.7 Å². The van der Waals surface area contributed by atoms with Gasteiger partial charge in [-0.2, -0.15) is 0 Å². The maximum absolute atomic E-state index is 12.7.